The third-order valence-corrected chi connectivity index (χ3v) is 5.79. The van der Waals surface area contributed by atoms with Crippen LogP contribution in [-0.2, 0) is 0 Å². The number of rotatable bonds is 6. The van der Waals surface area contributed by atoms with Gasteiger partial charge in [-0.1, -0.05) is 12.1 Å². The summed E-state index contributed by atoms with van der Waals surface area (Å²) in [6.07, 6.45) is 7.33. The van der Waals surface area contributed by atoms with Crippen molar-refractivity contribution in [2.75, 3.05) is 11.6 Å². The normalized spacial score (nSPS) is 11.4. The van der Waals surface area contributed by atoms with Crippen molar-refractivity contribution in [2.45, 2.75) is 24.9 Å². The van der Waals surface area contributed by atoms with Gasteiger partial charge in [0.2, 0.25) is 0 Å². The van der Waals surface area contributed by atoms with Gasteiger partial charge < -0.3 is 18.9 Å². The number of fused-ring (bicyclic) bond motifs is 1. The molecule has 0 aliphatic rings. The predicted octanol–water partition coefficient (Wildman–Crippen LogP) is 4.83. The van der Waals surface area contributed by atoms with Crippen LogP contribution >= 0.6 is 11.8 Å². The molecule has 0 radical (unpaired) electrons. The lowest BCUT2D eigenvalue weighted by atomic mass is 10.2. The van der Waals surface area contributed by atoms with Gasteiger partial charge in [-0.25, -0.2) is 9.97 Å². The molecule has 0 saturated heterocycles. The molecular formula is C23H21N7O2S. The summed E-state index contributed by atoms with van der Waals surface area (Å²) in [5.74, 6) is 0.845. The van der Waals surface area contributed by atoms with Crippen molar-refractivity contribution in [3.8, 4) is 17.2 Å². The highest BCUT2D eigenvalue weighted by Gasteiger charge is 2.17. The van der Waals surface area contributed by atoms with Crippen molar-refractivity contribution in [2.24, 2.45) is 0 Å². The van der Waals surface area contributed by atoms with Crippen LogP contribution in [0.3, 0.4) is 0 Å². The first-order valence-corrected chi connectivity index (χ1v) is 11.5. The highest BCUT2D eigenvalue weighted by atomic mass is 32.2. The topological polar surface area (TPSA) is 104 Å². The number of anilines is 1. The molecule has 1 N–H and O–H groups in total. The van der Waals surface area contributed by atoms with E-state index in [0.717, 1.165) is 16.1 Å². The van der Waals surface area contributed by atoms with Crippen LogP contribution in [0.1, 0.15) is 30.4 Å². The summed E-state index contributed by atoms with van der Waals surface area (Å²) in [6, 6.07) is 13.0. The van der Waals surface area contributed by atoms with Gasteiger partial charge in [0.15, 0.2) is 11.6 Å². The molecule has 4 aromatic heterocycles. The quantitative estimate of drug-likeness (QED) is 0.363. The number of nitrogens with one attached hydrogen (secondary N) is 1. The van der Waals surface area contributed by atoms with Crippen LogP contribution in [0.4, 0.5) is 5.82 Å². The summed E-state index contributed by atoms with van der Waals surface area (Å²) in [5, 5.41) is 12.7. The summed E-state index contributed by atoms with van der Waals surface area (Å²) in [5.41, 5.74) is 2.12. The molecule has 0 aliphatic heterocycles. The van der Waals surface area contributed by atoms with Crippen LogP contribution in [0.5, 0.6) is 0 Å². The van der Waals surface area contributed by atoms with Crippen molar-refractivity contribution < 1.29 is 9.21 Å². The fourth-order valence-electron chi connectivity index (χ4n) is 3.54. The average molecular weight is 460 g/mol. The molecule has 0 atom stereocenters. The summed E-state index contributed by atoms with van der Waals surface area (Å²) < 4.78 is 9.69. The summed E-state index contributed by atoms with van der Waals surface area (Å²) in [6.45, 7) is 4.08. The van der Waals surface area contributed by atoms with E-state index in [-0.39, 0.29) is 17.7 Å². The number of carbonyl (C=O) groups is 1. The van der Waals surface area contributed by atoms with Crippen LogP contribution in [0.15, 0.2) is 70.8 Å². The monoisotopic (exact) mass is 459 g/mol. The van der Waals surface area contributed by atoms with Crippen LogP contribution in [0.25, 0.3) is 28.2 Å². The molecule has 0 aliphatic carbocycles. The summed E-state index contributed by atoms with van der Waals surface area (Å²) in [7, 11) is 0. The van der Waals surface area contributed by atoms with E-state index in [1.54, 1.807) is 36.5 Å². The lowest BCUT2D eigenvalue weighted by Crippen LogP contribution is -2.12. The van der Waals surface area contributed by atoms with E-state index in [9.17, 15) is 4.79 Å². The fourth-order valence-corrected chi connectivity index (χ4v) is 3.91. The van der Waals surface area contributed by atoms with Crippen molar-refractivity contribution in [3.63, 3.8) is 0 Å². The van der Waals surface area contributed by atoms with Crippen molar-refractivity contribution in [1.29, 1.82) is 0 Å². The second-order valence-electron chi connectivity index (χ2n) is 7.64. The van der Waals surface area contributed by atoms with Gasteiger partial charge in [-0.3, -0.25) is 4.79 Å². The van der Waals surface area contributed by atoms with Gasteiger partial charge in [0.05, 0.1) is 5.69 Å². The number of hydrogen-bond donors (Lipinski definition) is 1. The highest BCUT2D eigenvalue weighted by molar-refractivity contribution is 7.98. The molecule has 33 heavy (non-hydrogen) atoms. The largest absolute Gasteiger partial charge is 0.451 e. The number of aromatic nitrogens is 6. The fraction of sp³-hybridized carbons (Fsp3) is 0.174. The molecule has 1 amide bonds. The van der Waals surface area contributed by atoms with E-state index in [2.05, 4.69) is 25.5 Å². The Hall–Kier alpha value is -3.92. The maximum atomic E-state index is 13.0. The van der Waals surface area contributed by atoms with Gasteiger partial charge in [-0.2, -0.15) is 0 Å². The van der Waals surface area contributed by atoms with Gasteiger partial charge in [0.25, 0.3) is 5.91 Å². The van der Waals surface area contributed by atoms with Crippen molar-refractivity contribution in [1.82, 2.24) is 29.3 Å². The molecule has 0 saturated carbocycles. The Morgan fingerprint density at radius 1 is 1.15 bits per heavy atom. The molecule has 9 nitrogen and oxygen atoms in total. The SMILES string of the molecule is CSc1cn(-c2cccc3oc(C(=O)Nc4cccc(-c5nncn5C(C)C)n4)cc23)cn1. The Morgan fingerprint density at radius 3 is 2.79 bits per heavy atom. The number of amides is 1. The molecule has 4 heterocycles. The summed E-state index contributed by atoms with van der Waals surface area (Å²) >= 11 is 1.57. The molecule has 1 aromatic carbocycles. The minimum atomic E-state index is -0.387. The Labute approximate surface area is 193 Å². The molecule has 5 aromatic rings. The van der Waals surface area contributed by atoms with Crippen LogP contribution < -0.4 is 5.32 Å². The van der Waals surface area contributed by atoms with E-state index in [4.69, 9.17) is 4.42 Å². The van der Waals surface area contributed by atoms with Gasteiger partial charge in [-0.15, -0.1) is 22.0 Å². The first kappa shape index (κ1) is 21.0. The standard InChI is InChI=1S/C23H21N7O2S/c1-14(2)30-13-25-28-22(30)16-6-4-9-20(26-16)27-23(31)19-10-15-17(7-5-8-18(15)32-19)29-11-21(33-3)24-12-29/h4-14H,1-3H3,(H,26,27,31). The minimum Gasteiger partial charge on any atom is -0.451 e. The van der Waals surface area contributed by atoms with Gasteiger partial charge in [0, 0.05) is 17.6 Å². The maximum absolute atomic E-state index is 13.0. The zero-order valence-electron chi connectivity index (χ0n) is 18.3. The lowest BCUT2D eigenvalue weighted by Gasteiger charge is -2.10. The second-order valence-corrected chi connectivity index (χ2v) is 8.47. The first-order chi connectivity index (χ1) is 16.0. The molecule has 166 valence electrons. The second kappa shape index (κ2) is 8.55. The van der Waals surface area contributed by atoms with E-state index >= 15 is 0 Å². The highest BCUT2D eigenvalue weighted by Crippen LogP contribution is 2.28. The molecule has 0 bridgehead atoms. The van der Waals surface area contributed by atoms with Gasteiger partial charge in [0.1, 0.15) is 34.8 Å². The Kier molecular flexibility index (Phi) is 5.43. The molecule has 0 spiro atoms. The van der Waals surface area contributed by atoms with E-state index < -0.39 is 0 Å². The van der Waals surface area contributed by atoms with Crippen LogP contribution in [-0.4, -0.2) is 41.5 Å². The third-order valence-electron chi connectivity index (χ3n) is 5.16. The number of pyridine rings is 1. The Bertz CT molecular complexity index is 1450. The van der Waals surface area contributed by atoms with Crippen LogP contribution in [0.2, 0.25) is 0 Å². The van der Waals surface area contributed by atoms with Crippen molar-refractivity contribution in [3.05, 3.63) is 67.1 Å². The number of benzene rings is 1. The van der Waals surface area contributed by atoms with Crippen molar-refractivity contribution >= 4 is 34.5 Å². The molecule has 10 heteroatoms. The van der Waals surface area contributed by atoms with Crippen LogP contribution in [0, 0.1) is 0 Å². The van der Waals surface area contributed by atoms with E-state index in [1.165, 1.54) is 0 Å². The number of imidazole rings is 1. The predicted molar refractivity (Wildman–Crippen MR) is 127 cm³/mol. The first-order valence-electron chi connectivity index (χ1n) is 10.3. The zero-order chi connectivity index (χ0) is 22.9. The number of hydrogen-bond acceptors (Lipinski definition) is 7. The molecule has 5 rings (SSSR count). The van der Waals surface area contributed by atoms with E-state index in [1.807, 2.05) is 65.8 Å². The van der Waals surface area contributed by atoms with Gasteiger partial charge in [-0.05, 0) is 50.4 Å². The Balaban J connectivity index is 1.43. The minimum absolute atomic E-state index is 0.183. The molecule has 0 unspecified atom stereocenters. The smallest absolute Gasteiger partial charge is 0.292 e. The number of nitrogens with zero attached hydrogens (tertiary/aromatic N) is 6. The maximum Gasteiger partial charge on any atom is 0.292 e. The van der Waals surface area contributed by atoms with Gasteiger partial charge >= 0.3 is 0 Å². The zero-order valence-corrected chi connectivity index (χ0v) is 19.1. The average Bonchev–Trinajstić information content (AvgIpc) is 3.58. The number of furan rings is 1. The Morgan fingerprint density at radius 2 is 2.00 bits per heavy atom. The summed E-state index contributed by atoms with van der Waals surface area (Å²) in [4.78, 5) is 21.9. The number of carbonyl (C=O) groups excluding carboxylic acids is 1. The third kappa shape index (κ3) is 4.00. The molecular weight excluding hydrogens is 438 g/mol. The lowest BCUT2D eigenvalue weighted by molar-refractivity contribution is 0.0998. The molecule has 0 fully saturated rings. The van der Waals surface area contributed by atoms with E-state index in [0.29, 0.717) is 22.9 Å². The number of thioether (sulfide) groups is 1.